The van der Waals surface area contributed by atoms with Gasteiger partial charge in [-0.05, 0) is 69.0 Å². The molecule has 0 radical (unpaired) electrons. The Morgan fingerprint density at radius 3 is 2.76 bits per heavy atom. The molecule has 3 aliphatic rings. The minimum atomic E-state index is -0.431. The minimum Gasteiger partial charge on any atom is -0.339 e. The maximum absolute atomic E-state index is 14.3. The summed E-state index contributed by atoms with van der Waals surface area (Å²) in [4.78, 5) is 12.4. The Morgan fingerprint density at radius 2 is 2.00 bits per heavy atom. The second-order valence-corrected chi connectivity index (χ2v) is 11.6. The molecule has 0 amide bonds. The van der Waals surface area contributed by atoms with Crippen LogP contribution in [0, 0.1) is 23.1 Å². The molecule has 3 aromatic rings. The van der Waals surface area contributed by atoms with Crippen LogP contribution < -0.4 is 4.90 Å². The van der Waals surface area contributed by atoms with Crippen LogP contribution in [0.2, 0.25) is 5.02 Å². The van der Waals surface area contributed by atoms with Crippen molar-refractivity contribution in [2.45, 2.75) is 37.1 Å². The number of aromatic nitrogens is 2. The molecule has 2 heterocycles. The summed E-state index contributed by atoms with van der Waals surface area (Å²) in [5.74, 6) is 0.999. The fraction of sp³-hybridized carbons (Fsp3) is 0.517. The van der Waals surface area contributed by atoms with E-state index in [9.17, 15) is 9.65 Å². The van der Waals surface area contributed by atoms with Crippen LogP contribution in [0.5, 0.6) is 0 Å². The molecule has 3 fully saturated rings. The molecule has 0 spiro atoms. The van der Waals surface area contributed by atoms with Crippen molar-refractivity contribution >= 4 is 28.6 Å². The van der Waals surface area contributed by atoms with Gasteiger partial charge in [-0.15, -0.1) is 0 Å². The van der Waals surface area contributed by atoms with Crippen LogP contribution in [-0.2, 0) is 12.5 Å². The van der Waals surface area contributed by atoms with E-state index in [1.165, 1.54) is 11.6 Å². The normalized spacial score (nSPS) is 25.8. The molecule has 2 saturated carbocycles. The van der Waals surface area contributed by atoms with E-state index >= 15 is 0 Å². The Labute approximate surface area is 223 Å². The molecule has 1 saturated heterocycles. The van der Waals surface area contributed by atoms with Crippen LogP contribution in [0.25, 0.3) is 11.0 Å². The highest BCUT2D eigenvalue weighted by atomic mass is 35.5. The van der Waals surface area contributed by atoms with Crippen LogP contribution in [0.15, 0.2) is 36.4 Å². The lowest BCUT2D eigenvalue weighted by molar-refractivity contribution is 0.153. The number of imidazole rings is 1. The van der Waals surface area contributed by atoms with Crippen molar-refractivity contribution in [2.24, 2.45) is 13.0 Å². The van der Waals surface area contributed by atoms with E-state index < -0.39 is 5.82 Å². The second-order valence-electron chi connectivity index (χ2n) is 11.2. The number of hydrogen-bond acceptors (Lipinski definition) is 5. The Bertz CT molecular complexity index is 1360. The lowest BCUT2D eigenvalue weighted by Crippen LogP contribution is -2.45. The lowest BCUT2D eigenvalue weighted by Gasteiger charge is -2.34. The fourth-order valence-electron chi connectivity index (χ4n) is 6.86. The number of halogens is 2. The molecular weight excluding hydrogens is 487 g/mol. The third-order valence-electron chi connectivity index (χ3n) is 9.08. The first-order valence-electron chi connectivity index (χ1n) is 13.4. The van der Waals surface area contributed by atoms with Crippen LogP contribution in [0.1, 0.15) is 36.8 Å². The molecule has 0 N–H and O–H groups in total. The number of piperazine rings is 1. The van der Waals surface area contributed by atoms with E-state index in [0.717, 1.165) is 82.0 Å². The molecule has 6 rings (SSSR count). The highest BCUT2D eigenvalue weighted by molar-refractivity contribution is 6.31. The van der Waals surface area contributed by atoms with Gasteiger partial charge in [-0.2, -0.15) is 5.26 Å². The summed E-state index contributed by atoms with van der Waals surface area (Å²) < 4.78 is 16.3. The topological polar surface area (TPSA) is 51.3 Å². The van der Waals surface area contributed by atoms with Gasteiger partial charge in [0.15, 0.2) is 0 Å². The Kier molecular flexibility index (Phi) is 6.38. The first kappa shape index (κ1) is 24.7. The van der Waals surface area contributed by atoms with Crippen LogP contribution >= 0.6 is 11.6 Å². The number of nitrogens with zero attached hydrogens (tertiary/aromatic N) is 6. The van der Waals surface area contributed by atoms with Crippen molar-refractivity contribution in [1.29, 1.82) is 5.26 Å². The van der Waals surface area contributed by atoms with Crippen LogP contribution in [-0.4, -0.2) is 71.7 Å². The number of likely N-dealkylation sites (N-methyl/N-ethyl adjacent to an activating group) is 1. The van der Waals surface area contributed by atoms with Crippen molar-refractivity contribution in [3.8, 4) is 6.07 Å². The number of fused-ring (bicyclic) bond motifs is 2. The Morgan fingerprint density at radius 1 is 1.19 bits per heavy atom. The molecular formula is C29H34ClFN6. The van der Waals surface area contributed by atoms with Gasteiger partial charge in [-0.25, -0.2) is 9.37 Å². The number of rotatable bonds is 7. The fourth-order valence-corrected chi connectivity index (χ4v) is 7.02. The molecule has 2 aliphatic carbocycles. The number of benzene rings is 2. The van der Waals surface area contributed by atoms with Gasteiger partial charge in [0.1, 0.15) is 5.82 Å². The van der Waals surface area contributed by atoms with Gasteiger partial charge in [0.25, 0.3) is 0 Å². The standard InChI is InChI=1S/C29H34ClFN6/c1-34-11-13-36(14-12-34)9-4-10-37(28-33-25-17-24(31)23(30)16-27(25)35(28)2)26-7-8-29(18-22(26)29)21-6-3-5-20(15-21)19-32/h3,5-6,15-17,22,26H,4,7-14,18H2,1-2H3/t22?,26-,29-/m1/s1. The van der Waals surface area contributed by atoms with Gasteiger partial charge in [0.2, 0.25) is 5.95 Å². The molecule has 2 aromatic carbocycles. The zero-order valence-corrected chi connectivity index (χ0v) is 22.4. The molecule has 1 aromatic heterocycles. The summed E-state index contributed by atoms with van der Waals surface area (Å²) in [6, 6.07) is 14.0. The van der Waals surface area contributed by atoms with E-state index in [-0.39, 0.29) is 10.4 Å². The van der Waals surface area contributed by atoms with Gasteiger partial charge >= 0.3 is 0 Å². The second kappa shape index (κ2) is 9.58. The summed E-state index contributed by atoms with van der Waals surface area (Å²) >= 11 is 6.13. The quantitative estimate of drug-likeness (QED) is 0.448. The molecule has 194 valence electrons. The number of anilines is 1. The van der Waals surface area contributed by atoms with Gasteiger partial charge in [0.05, 0.1) is 27.7 Å². The van der Waals surface area contributed by atoms with Crippen LogP contribution in [0.3, 0.4) is 0 Å². The first-order chi connectivity index (χ1) is 17.9. The van der Waals surface area contributed by atoms with Gasteiger partial charge < -0.3 is 19.3 Å². The van der Waals surface area contributed by atoms with E-state index in [1.807, 2.05) is 19.2 Å². The number of nitriles is 1. The van der Waals surface area contributed by atoms with Crippen molar-refractivity contribution in [1.82, 2.24) is 19.4 Å². The largest absolute Gasteiger partial charge is 0.339 e. The highest BCUT2D eigenvalue weighted by Gasteiger charge is 2.63. The first-order valence-corrected chi connectivity index (χ1v) is 13.8. The zero-order chi connectivity index (χ0) is 25.7. The zero-order valence-electron chi connectivity index (χ0n) is 21.6. The van der Waals surface area contributed by atoms with Crippen molar-refractivity contribution in [2.75, 3.05) is 51.2 Å². The summed E-state index contributed by atoms with van der Waals surface area (Å²) in [6.07, 6.45) is 4.42. The molecule has 6 nitrogen and oxygen atoms in total. The predicted octanol–water partition coefficient (Wildman–Crippen LogP) is 4.80. The van der Waals surface area contributed by atoms with Gasteiger partial charge in [-0.3, -0.25) is 0 Å². The molecule has 1 aliphatic heterocycles. The molecule has 8 heteroatoms. The predicted molar refractivity (Wildman–Crippen MR) is 146 cm³/mol. The smallest absolute Gasteiger partial charge is 0.206 e. The Hall–Kier alpha value is -2.66. The van der Waals surface area contributed by atoms with Crippen molar-refractivity contribution < 1.29 is 4.39 Å². The van der Waals surface area contributed by atoms with E-state index in [0.29, 0.717) is 17.5 Å². The average Bonchev–Trinajstić information content (AvgIpc) is 3.41. The number of hydrogen-bond donors (Lipinski definition) is 0. The van der Waals surface area contributed by atoms with Crippen molar-refractivity contribution in [3.05, 3.63) is 58.4 Å². The van der Waals surface area contributed by atoms with Gasteiger partial charge in [-0.1, -0.05) is 23.7 Å². The van der Waals surface area contributed by atoms with E-state index in [1.54, 1.807) is 6.07 Å². The highest BCUT2D eigenvalue weighted by Crippen LogP contribution is 2.65. The molecule has 0 bridgehead atoms. The summed E-state index contributed by atoms with van der Waals surface area (Å²) in [6.45, 7) is 6.46. The maximum Gasteiger partial charge on any atom is 0.206 e. The average molecular weight is 521 g/mol. The molecule has 1 unspecified atom stereocenters. The third-order valence-corrected chi connectivity index (χ3v) is 9.37. The van der Waals surface area contributed by atoms with Gasteiger partial charge in [0, 0.05) is 57.3 Å². The van der Waals surface area contributed by atoms with Crippen molar-refractivity contribution in [3.63, 3.8) is 0 Å². The summed E-state index contributed by atoms with van der Waals surface area (Å²) in [5.41, 5.74) is 3.69. The lowest BCUT2D eigenvalue weighted by atomic mass is 9.92. The molecule has 37 heavy (non-hydrogen) atoms. The summed E-state index contributed by atoms with van der Waals surface area (Å²) in [7, 11) is 4.20. The minimum absolute atomic E-state index is 0.128. The van der Waals surface area contributed by atoms with E-state index in [4.69, 9.17) is 16.6 Å². The monoisotopic (exact) mass is 520 g/mol. The SMILES string of the molecule is CN1CCN(CCCN(c2nc3cc(F)c(Cl)cc3n2C)[C@@H]2CC[C@]3(c4cccc(C#N)c4)CC23)CC1. The summed E-state index contributed by atoms with van der Waals surface area (Å²) in [5, 5.41) is 9.56. The van der Waals surface area contributed by atoms with Crippen LogP contribution in [0.4, 0.5) is 10.3 Å². The van der Waals surface area contributed by atoms with E-state index in [2.05, 4.69) is 44.5 Å². The maximum atomic E-state index is 14.3. The number of aryl methyl sites for hydroxylation is 1. The Balaban J connectivity index is 1.28. The third kappa shape index (κ3) is 4.39. The molecule has 3 atom stereocenters.